The number of rotatable bonds is 5. The van der Waals surface area contributed by atoms with Crippen molar-refractivity contribution in [3.8, 4) is 0 Å². The van der Waals surface area contributed by atoms with E-state index in [0.717, 1.165) is 28.2 Å². The summed E-state index contributed by atoms with van der Waals surface area (Å²) >= 11 is 7.59. The summed E-state index contributed by atoms with van der Waals surface area (Å²) in [6.07, 6.45) is 1.73. The molecule has 2 aromatic rings. The predicted molar refractivity (Wildman–Crippen MR) is 83.7 cm³/mol. The van der Waals surface area contributed by atoms with Crippen molar-refractivity contribution in [1.29, 1.82) is 0 Å². The molecule has 6 heteroatoms. The molecule has 0 atom stereocenters. The highest BCUT2D eigenvalue weighted by Crippen LogP contribution is 2.31. The third-order valence-electron chi connectivity index (χ3n) is 2.52. The molecule has 20 heavy (non-hydrogen) atoms. The van der Waals surface area contributed by atoms with Gasteiger partial charge in [0.15, 0.2) is 0 Å². The van der Waals surface area contributed by atoms with E-state index < -0.39 is 0 Å². The second-order valence-corrected chi connectivity index (χ2v) is 5.94. The van der Waals surface area contributed by atoms with Crippen LogP contribution in [0.2, 0.25) is 5.02 Å². The van der Waals surface area contributed by atoms with Crippen LogP contribution in [0.1, 0.15) is 32.5 Å². The van der Waals surface area contributed by atoms with Gasteiger partial charge in [0, 0.05) is 24.7 Å². The molecule has 1 N–H and O–H groups in total. The highest BCUT2D eigenvalue weighted by atomic mass is 35.5. The van der Waals surface area contributed by atoms with Crippen molar-refractivity contribution in [3.05, 3.63) is 35.2 Å². The molecule has 0 aromatic carbocycles. The largest absolute Gasteiger partial charge is 0.370 e. The van der Waals surface area contributed by atoms with Gasteiger partial charge in [0.05, 0.1) is 5.02 Å². The Kier molecular flexibility index (Phi) is 5.20. The van der Waals surface area contributed by atoms with Gasteiger partial charge in [0.25, 0.3) is 0 Å². The van der Waals surface area contributed by atoms with Gasteiger partial charge in [-0.15, -0.1) is 0 Å². The molecule has 0 aliphatic carbocycles. The second-order valence-electron chi connectivity index (χ2n) is 4.53. The maximum atomic E-state index is 6.14. The smallest absolute Gasteiger partial charge is 0.134 e. The Labute approximate surface area is 128 Å². The molecule has 0 fully saturated rings. The van der Waals surface area contributed by atoms with Crippen molar-refractivity contribution < 1.29 is 0 Å². The average Bonchev–Trinajstić information content (AvgIpc) is 2.41. The molecule has 0 bridgehead atoms. The Bertz CT molecular complexity index is 589. The van der Waals surface area contributed by atoms with Crippen molar-refractivity contribution in [2.24, 2.45) is 0 Å². The summed E-state index contributed by atoms with van der Waals surface area (Å²) in [7, 11) is 0. The molecular formula is C14H17ClN4S. The van der Waals surface area contributed by atoms with E-state index in [1.165, 1.54) is 11.8 Å². The summed E-state index contributed by atoms with van der Waals surface area (Å²) in [6, 6.07) is 5.56. The maximum absolute atomic E-state index is 6.14. The third kappa shape index (κ3) is 3.84. The Morgan fingerprint density at radius 3 is 2.80 bits per heavy atom. The molecule has 0 unspecified atom stereocenters. The van der Waals surface area contributed by atoms with Gasteiger partial charge in [-0.2, -0.15) is 0 Å². The Morgan fingerprint density at radius 2 is 2.15 bits per heavy atom. The summed E-state index contributed by atoms with van der Waals surface area (Å²) in [6.45, 7) is 7.02. The average molecular weight is 309 g/mol. The van der Waals surface area contributed by atoms with Gasteiger partial charge in [-0.3, -0.25) is 0 Å². The van der Waals surface area contributed by atoms with Crippen molar-refractivity contribution in [1.82, 2.24) is 15.0 Å². The molecule has 0 aliphatic rings. The molecule has 0 radical (unpaired) electrons. The molecule has 2 heterocycles. The molecule has 0 spiro atoms. The SMILES string of the molecule is CCNc1cc(Sc2ncccc2Cl)nc(C(C)C)n1. The van der Waals surface area contributed by atoms with Crippen LogP contribution in [0.15, 0.2) is 34.4 Å². The highest BCUT2D eigenvalue weighted by Gasteiger charge is 2.11. The first-order valence-corrected chi connectivity index (χ1v) is 7.70. The predicted octanol–water partition coefficient (Wildman–Crippen LogP) is 4.23. The number of hydrogen-bond donors (Lipinski definition) is 1. The first-order valence-electron chi connectivity index (χ1n) is 6.51. The molecule has 0 saturated heterocycles. The first-order chi connectivity index (χ1) is 9.60. The normalized spacial score (nSPS) is 10.8. The minimum atomic E-state index is 0.271. The number of anilines is 1. The number of aromatic nitrogens is 3. The number of nitrogens with one attached hydrogen (secondary N) is 1. The van der Waals surface area contributed by atoms with Crippen LogP contribution in [0.3, 0.4) is 0 Å². The van der Waals surface area contributed by atoms with Crippen LogP contribution in [0, 0.1) is 0 Å². The van der Waals surface area contributed by atoms with E-state index in [0.29, 0.717) is 5.02 Å². The van der Waals surface area contributed by atoms with Crippen molar-refractivity contribution in [2.75, 3.05) is 11.9 Å². The van der Waals surface area contributed by atoms with Crippen LogP contribution in [0.5, 0.6) is 0 Å². The molecular weight excluding hydrogens is 292 g/mol. The van der Waals surface area contributed by atoms with E-state index in [1.807, 2.05) is 25.1 Å². The van der Waals surface area contributed by atoms with Gasteiger partial charge in [-0.05, 0) is 30.8 Å². The minimum absolute atomic E-state index is 0.271. The summed E-state index contributed by atoms with van der Waals surface area (Å²) in [5.41, 5.74) is 0. The summed E-state index contributed by atoms with van der Waals surface area (Å²) in [5, 5.41) is 5.46. The molecule has 106 valence electrons. The van der Waals surface area contributed by atoms with E-state index in [1.54, 1.807) is 6.20 Å². The van der Waals surface area contributed by atoms with Crippen LogP contribution in [-0.2, 0) is 0 Å². The Balaban J connectivity index is 2.33. The van der Waals surface area contributed by atoms with Gasteiger partial charge < -0.3 is 5.32 Å². The third-order valence-corrected chi connectivity index (χ3v) is 3.87. The molecule has 0 aliphatic heterocycles. The van der Waals surface area contributed by atoms with Crippen molar-refractivity contribution in [2.45, 2.75) is 36.7 Å². The topological polar surface area (TPSA) is 50.7 Å². The van der Waals surface area contributed by atoms with Gasteiger partial charge >= 0.3 is 0 Å². The lowest BCUT2D eigenvalue weighted by Crippen LogP contribution is -2.05. The zero-order chi connectivity index (χ0) is 14.5. The Hall–Kier alpha value is -1.33. The van der Waals surface area contributed by atoms with E-state index in [9.17, 15) is 0 Å². The fourth-order valence-electron chi connectivity index (χ4n) is 1.57. The van der Waals surface area contributed by atoms with Crippen LogP contribution in [-0.4, -0.2) is 21.5 Å². The van der Waals surface area contributed by atoms with Gasteiger partial charge in [0.2, 0.25) is 0 Å². The monoisotopic (exact) mass is 308 g/mol. The fourth-order valence-corrected chi connectivity index (χ4v) is 2.59. The van der Waals surface area contributed by atoms with Crippen molar-refractivity contribution >= 4 is 29.2 Å². The van der Waals surface area contributed by atoms with Gasteiger partial charge in [-0.25, -0.2) is 15.0 Å². The number of nitrogens with zero attached hydrogens (tertiary/aromatic N) is 3. The minimum Gasteiger partial charge on any atom is -0.370 e. The van der Waals surface area contributed by atoms with Crippen LogP contribution >= 0.6 is 23.4 Å². The fraction of sp³-hybridized carbons (Fsp3) is 0.357. The lowest BCUT2D eigenvalue weighted by Gasteiger charge is -2.10. The zero-order valence-electron chi connectivity index (χ0n) is 11.7. The summed E-state index contributed by atoms with van der Waals surface area (Å²) in [4.78, 5) is 13.3. The van der Waals surface area contributed by atoms with Crippen LogP contribution in [0.25, 0.3) is 0 Å². The lowest BCUT2D eigenvalue weighted by atomic mass is 10.2. The van der Waals surface area contributed by atoms with Gasteiger partial charge in [-0.1, -0.05) is 25.4 Å². The lowest BCUT2D eigenvalue weighted by molar-refractivity contribution is 0.754. The molecule has 2 rings (SSSR count). The second kappa shape index (κ2) is 6.90. The quantitative estimate of drug-likeness (QED) is 0.838. The zero-order valence-corrected chi connectivity index (χ0v) is 13.3. The number of pyridine rings is 1. The molecule has 2 aromatic heterocycles. The van der Waals surface area contributed by atoms with Crippen LogP contribution < -0.4 is 5.32 Å². The van der Waals surface area contributed by atoms with E-state index in [-0.39, 0.29) is 5.92 Å². The van der Waals surface area contributed by atoms with Crippen LogP contribution in [0.4, 0.5) is 5.82 Å². The van der Waals surface area contributed by atoms with E-state index >= 15 is 0 Å². The summed E-state index contributed by atoms with van der Waals surface area (Å²) in [5.74, 6) is 1.92. The summed E-state index contributed by atoms with van der Waals surface area (Å²) < 4.78 is 0. The van der Waals surface area contributed by atoms with E-state index in [4.69, 9.17) is 11.6 Å². The maximum Gasteiger partial charge on any atom is 0.134 e. The van der Waals surface area contributed by atoms with Gasteiger partial charge in [0.1, 0.15) is 21.7 Å². The first kappa shape index (κ1) is 15.1. The molecule has 0 amide bonds. The Morgan fingerprint density at radius 1 is 1.35 bits per heavy atom. The van der Waals surface area contributed by atoms with Crippen molar-refractivity contribution in [3.63, 3.8) is 0 Å². The highest BCUT2D eigenvalue weighted by molar-refractivity contribution is 7.99. The van der Waals surface area contributed by atoms with E-state index in [2.05, 4.69) is 34.1 Å². The standard InChI is InChI=1S/C14H17ClN4S/c1-4-16-11-8-12(19-13(18-11)9(2)3)20-14-10(15)6-5-7-17-14/h5-9H,4H2,1-3H3,(H,16,18,19). The molecule has 4 nitrogen and oxygen atoms in total. The number of hydrogen-bond acceptors (Lipinski definition) is 5. The molecule has 0 saturated carbocycles. The number of halogens is 1.